The zero-order valence-electron chi connectivity index (χ0n) is 30.4. The Bertz CT molecular complexity index is 2680. The number of allylic oxidation sites excluding steroid dienone is 8. The zero-order valence-corrected chi connectivity index (χ0v) is 30.4. The highest BCUT2D eigenvalue weighted by Crippen LogP contribution is 2.50. The summed E-state index contributed by atoms with van der Waals surface area (Å²) in [5.41, 5.74) is 18.1. The van der Waals surface area contributed by atoms with Gasteiger partial charge in [0, 0.05) is 39.0 Å². The number of para-hydroxylation sites is 1. The van der Waals surface area contributed by atoms with Crippen molar-refractivity contribution in [2.24, 2.45) is 0 Å². The molecule has 0 spiro atoms. The number of nitrogens with zero attached hydrogens (tertiary/aromatic N) is 2. The first-order valence-corrected chi connectivity index (χ1v) is 19.0. The van der Waals surface area contributed by atoms with Crippen molar-refractivity contribution in [3.63, 3.8) is 0 Å². The first-order valence-electron chi connectivity index (χ1n) is 19.0. The van der Waals surface area contributed by atoms with Crippen LogP contribution in [-0.4, -0.2) is 4.57 Å². The second-order valence-corrected chi connectivity index (χ2v) is 15.2. The molecule has 3 aliphatic rings. The molecule has 1 heterocycles. The van der Waals surface area contributed by atoms with Crippen LogP contribution in [0.3, 0.4) is 0 Å². The Morgan fingerprint density at radius 1 is 0.547 bits per heavy atom. The molecule has 6 aromatic carbocycles. The third-order valence-electron chi connectivity index (χ3n) is 11.7. The highest BCUT2D eigenvalue weighted by molar-refractivity contribution is 6.11. The number of fused-ring (bicyclic) bond motifs is 6. The number of benzene rings is 6. The van der Waals surface area contributed by atoms with Gasteiger partial charge in [-0.3, -0.25) is 0 Å². The van der Waals surface area contributed by atoms with Crippen molar-refractivity contribution >= 4 is 44.5 Å². The molecule has 2 heteroatoms. The fourth-order valence-electron chi connectivity index (χ4n) is 9.01. The van der Waals surface area contributed by atoms with Gasteiger partial charge in [0.05, 0.1) is 11.0 Å². The highest BCUT2D eigenvalue weighted by atomic mass is 15.1. The molecule has 0 bridgehead atoms. The summed E-state index contributed by atoms with van der Waals surface area (Å²) < 4.78 is 2.44. The number of anilines is 2. The Morgan fingerprint density at radius 2 is 1.26 bits per heavy atom. The minimum atomic E-state index is -0.0651. The van der Waals surface area contributed by atoms with Crippen molar-refractivity contribution in [1.29, 1.82) is 0 Å². The average molecular weight is 683 g/mol. The Kier molecular flexibility index (Phi) is 7.47. The van der Waals surface area contributed by atoms with Gasteiger partial charge in [-0.15, -0.1) is 0 Å². The van der Waals surface area contributed by atoms with E-state index in [1.54, 1.807) is 0 Å². The Hall–Kier alpha value is -6.12. The molecule has 53 heavy (non-hydrogen) atoms. The third kappa shape index (κ3) is 5.24. The third-order valence-corrected chi connectivity index (χ3v) is 11.7. The summed E-state index contributed by atoms with van der Waals surface area (Å²) >= 11 is 0. The molecule has 0 atom stereocenters. The van der Waals surface area contributed by atoms with Gasteiger partial charge < -0.3 is 9.47 Å². The van der Waals surface area contributed by atoms with Gasteiger partial charge in [0.2, 0.25) is 0 Å². The van der Waals surface area contributed by atoms with Crippen LogP contribution in [0.15, 0.2) is 176 Å². The highest BCUT2D eigenvalue weighted by Gasteiger charge is 2.36. The Morgan fingerprint density at radius 3 is 2.08 bits per heavy atom. The van der Waals surface area contributed by atoms with E-state index in [0.29, 0.717) is 0 Å². The normalized spacial score (nSPS) is 15.8. The fourth-order valence-corrected chi connectivity index (χ4v) is 9.01. The molecule has 0 radical (unpaired) electrons. The molecule has 0 unspecified atom stereocenters. The summed E-state index contributed by atoms with van der Waals surface area (Å²) in [4.78, 5) is 2.49. The molecule has 0 amide bonds. The van der Waals surface area contributed by atoms with E-state index in [9.17, 15) is 0 Å². The van der Waals surface area contributed by atoms with Crippen molar-refractivity contribution in [3.05, 3.63) is 192 Å². The van der Waals surface area contributed by atoms with E-state index in [-0.39, 0.29) is 5.41 Å². The molecule has 7 aromatic rings. The van der Waals surface area contributed by atoms with Gasteiger partial charge in [0.1, 0.15) is 0 Å². The van der Waals surface area contributed by atoms with Gasteiger partial charge in [-0.2, -0.15) is 0 Å². The SMILES string of the molecule is CC1(C)c2ccccc2-c2ccc(N(C3=CC=C(c4ccc5c(c4)c4ccccc4n5C4=CCCC=C4)CC3)c3ccc(-c4ccccc4)cc3)cc21. The predicted molar refractivity (Wildman–Crippen MR) is 225 cm³/mol. The van der Waals surface area contributed by atoms with Crippen LogP contribution in [0.1, 0.15) is 56.2 Å². The van der Waals surface area contributed by atoms with Gasteiger partial charge in [-0.25, -0.2) is 0 Å². The first-order chi connectivity index (χ1) is 26.0. The minimum absolute atomic E-state index is 0.0651. The smallest absolute Gasteiger partial charge is 0.0541 e. The first kappa shape index (κ1) is 31.6. The van der Waals surface area contributed by atoms with Crippen LogP contribution < -0.4 is 4.90 Å². The number of rotatable bonds is 6. The zero-order chi connectivity index (χ0) is 35.5. The quantitative estimate of drug-likeness (QED) is 0.169. The van der Waals surface area contributed by atoms with Gasteiger partial charge >= 0.3 is 0 Å². The monoisotopic (exact) mass is 682 g/mol. The van der Waals surface area contributed by atoms with Crippen molar-refractivity contribution in [2.45, 2.75) is 44.9 Å². The van der Waals surface area contributed by atoms with Gasteiger partial charge in [0.25, 0.3) is 0 Å². The van der Waals surface area contributed by atoms with Crippen LogP contribution in [0, 0.1) is 0 Å². The van der Waals surface area contributed by atoms with Crippen molar-refractivity contribution in [3.8, 4) is 22.3 Å². The Labute approximate surface area is 312 Å². The van der Waals surface area contributed by atoms with E-state index in [1.165, 1.54) is 89.1 Å². The number of hydrogen-bond donors (Lipinski definition) is 0. The van der Waals surface area contributed by atoms with Crippen LogP contribution in [0.2, 0.25) is 0 Å². The van der Waals surface area contributed by atoms with Crippen LogP contribution in [0.25, 0.3) is 55.3 Å². The van der Waals surface area contributed by atoms with E-state index >= 15 is 0 Å². The minimum Gasteiger partial charge on any atom is -0.314 e. The molecule has 0 aliphatic heterocycles. The number of hydrogen-bond acceptors (Lipinski definition) is 1. The lowest BCUT2D eigenvalue weighted by Gasteiger charge is -2.31. The van der Waals surface area contributed by atoms with Crippen LogP contribution in [0.5, 0.6) is 0 Å². The van der Waals surface area contributed by atoms with Gasteiger partial charge in [0.15, 0.2) is 0 Å². The maximum absolute atomic E-state index is 2.49. The predicted octanol–water partition coefficient (Wildman–Crippen LogP) is 13.9. The van der Waals surface area contributed by atoms with E-state index in [1.807, 2.05) is 0 Å². The largest absolute Gasteiger partial charge is 0.314 e. The van der Waals surface area contributed by atoms with Crippen molar-refractivity contribution in [1.82, 2.24) is 4.57 Å². The molecule has 0 saturated carbocycles. The molecule has 0 saturated heterocycles. The maximum atomic E-state index is 2.49. The van der Waals surface area contributed by atoms with E-state index < -0.39 is 0 Å². The number of aromatic nitrogens is 1. The standard InChI is InChI=1S/C51H42N2/c1-51(2)47-19-11-9-17-43(47)44-31-30-42(34-48(44)51)52(40-26-21-36(22-27-40)35-13-5-3-6-14-35)41-28-23-37(24-29-41)38-25-32-50-46(33-38)45-18-10-12-20-49(45)53(50)39-15-7-4-8-16-39/h3,5-7,9-23,25-28,30-34H,4,8,24,29H2,1-2H3. The molecule has 2 nitrogen and oxygen atoms in total. The summed E-state index contributed by atoms with van der Waals surface area (Å²) in [5.74, 6) is 0. The van der Waals surface area contributed by atoms with Crippen LogP contribution in [-0.2, 0) is 5.41 Å². The lowest BCUT2D eigenvalue weighted by atomic mass is 9.82. The summed E-state index contributed by atoms with van der Waals surface area (Å²) in [6.07, 6.45) is 15.8. The molecular formula is C51H42N2. The van der Waals surface area contributed by atoms with Gasteiger partial charge in [-0.05, 0) is 125 Å². The lowest BCUT2D eigenvalue weighted by Crippen LogP contribution is -2.20. The Balaban J connectivity index is 1.06. The molecular weight excluding hydrogens is 641 g/mol. The molecule has 256 valence electrons. The fraction of sp³-hybridized carbons (Fsp3) is 0.137. The summed E-state index contributed by atoms with van der Waals surface area (Å²) in [5, 5.41) is 2.62. The van der Waals surface area contributed by atoms with Crippen LogP contribution in [0.4, 0.5) is 11.4 Å². The van der Waals surface area contributed by atoms with Gasteiger partial charge in [-0.1, -0.05) is 129 Å². The second-order valence-electron chi connectivity index (χ2n) is 15.2. The summed E-state index contributed by atoms with van der Waals surface area (Å²) in [7, 11) is 0. The summed E-state index contributed by atoms with van der Waals surface area (Å²) in [6, 6.07) is 51.7. The topological polar surface area (TPSA) is 8.17 Å². The molecule has 3 aliphatic carbocycles. The molecule has 0 fully saturated rings. The average Bonchev–Trinajstić information content (AvgIpc) is 3.67. The van der Waals surface area contributed by atoms with Crippen molar-refractivity contribution in [2.75, 3.05) is 4.90 Å². The van der Waals surface area contributed by atoms with Crippen LogP contribution >= 0.6 is 0 Å². The second kappa shape index (κ2) is 12.5. The molecule has 1 aromatic heterocycles. The molecule has 0 N–H and O–H groups in total. The van der Waals surface area contributed by atoms with E-state index in [4.69, 9.17) is 0 Å². The van der Waals surface area contributed by atoms with Crippen molar-refractivity contribution < 1.29 is 0 Å². The molecule has 10 rings (SSSR count). The van der Waals surface area contributed by atoms with E-state index in [2.05, 4.69) is 193 Å². The maximum Gasteiger partial charge on any atom is 0.0541 e. The van der Waals surface area contributed by atoms with E-state index in [0.717, 1.165) is 25.7 Å². The lowest BCUT2D eigenvalue weighted by molar-refractivity contribution is 0.660. The summed E-state index contributed by atoms with van der Waals surface area (Å²) in [6.45, 7) is 4.73.